The lowest BCUT2D eigenvalue weighted by atomic mass is 10.2. The molecule has 2 heterocycles. The van der Waals surface area contributed by atoms with E-state index in [2.05, 4.69) is 0 Å². The molecule has 4 heteroatoms. The van der Waals surface area contributed by atoms with Gasteiger partial charge in [0.2, 0.25) is 0 Å². The molecule has 0 aliphatic rings. The number of amides is 1. The fourth-order valence-electron chi connectivity index (χ4n) is 1.69. The summed E-state index contributed by atoms with van der Waals surface area (Å²) in [7, 11) is 0. The molecule has 2 rings (SSSR count). The maximum Gasteiger partial charge on any atom is 0.263 e. The largest absolute Gasteiger partial charge is 0.464 e. The van der Waals surface area contributed by atoms with Gasteiger partial charge in [-0.3, -0.25) is 4.79 Å². The molecular weight excluding hydrogens is 234 g/mol. The van der Waals surface area contributed by atoms with E-state index in [9.17, 15) is 4.79 Å². The summed E-state index contributed by atoms with van der Waals surface area (Å²) >= 11 is 1.46. The van der Waals surface area contributed by atoms with Gasteiger partial charge in [-0.25, -0.2) is 0 Å². The SMILES string of the molecule is CCN(CC)C(=O)c1cc(-c2ccco2)cs1. The van der Waals surface area contributed by atoms with Crippen molar-refractivity contribution in [3.05, 3.63) is 34.7 Å². The predicted octanol–water partition coefficient (Wildman–Crippen LogP) is 3.49. The number of thiophene rings is 1. The van der Waals surface area contributed by atoms with Gasteiger partial charge in [0.05, 0.1) is 11.1 Å². The van der Waals surface area contributed by atoms with E-state index in [1.165, 1.54) is 11.3 Å². The molecule has 0 atom stereocenters. The Kier molecular flexibility index (Phi) is 3.64. The second-order valence-electron chi connectivity index (χ2n) is 3.65. The second-order valence-corrected chi connectivity index (χ2v) is 4.57. The highest BCUT2D eigenvalue weighted by atomic mass is 32.1. The van der Waals surface area contributed by atoms with Crippen molar-refractivity contribution < 1.29 is 9.21 Å². The van der Waals surface area contributed by atoms with Crippen LogP contribution in [0.5, 0.6) is 0 Å². The Labute approximate surface area is 105 Å². The Morgan fingerprint density at radius 3 is 2.76 bits per heavy atom. The van der Waals surface area contributed by atoms with Gasteiger partial charge in [0.1, 0.15) is 5.76 Å². The van der Waals surface area contributed by atoms with Crippen LogP contribution in [0.4, 0.5) is 0 Å². The molecule has 0 radical (unpaired) electrons. The van der Waals surface area contributed by atoms with Gasteiger partial charge in [0.15, 0.2) is 0 Å². The minimum Gasteiger partial charge on any atom is -0.464 e. The average molecular weight is 249 g/mol. The number of carbonyl (C=O) groups is 1. The van der Waals surface area contributed by atoms with Crippen LogP contribution in [0.15, 0.2) is 34.3 Å². The minimum absolute atomic E-state index is 0.0952. The van der Waals surface area contributed by atoms with E-state index in [0.29, 0.717) is 0 Å². The third-order valence-electron chi connectivity index (χ3n) is 2.67. The molecule has 0 fully saturated rings. The van der Waals surface area contributed by atoms with Crippen molar-refractivity contribution >= 4 is 17.2 Å². The summed E-state index contributed by atoms with van der Waals surface area (Å²) in [6.07, 6.45) is 1.64. The monoisotopic (exact) mass is 249 g/mol. The van der Waals surface area contributed by atoms with Crippen molar-refractivity contribution in [1.82, 2.24) is 4.90 Å². The van der Waals surface area contributed by atoms with Crippen molar-refractivity contribution in [2.75, 3.05) is 13.1 Å². The fraction of sp³-hybridized carbons (Fsp3) is 0.308. The molecule has 0 aliphatic heterocycles. The molecule has 0 saturated heterocycles. The second kappa shape index (κ2) is 5.19. The number of rotatable bonds is 4. The molecule has 0 spiro atoms. The minimum atomic E-state index is 0.0952. The van der Waals surface area contributed by atoms with Crippen molar-refractivity contribution in [3.8, 4) is 11.3 Å². The van der Waals surface area contributed by atoms with E-state index < -0.39 is 0 Å². The summed E-state index contributed by atoms with van der Waals surface area (Å²) in [6, 6.07) is 5.64. The third-order valence-corrected chi connectivity index (χ3v) is 3.58. The van der Waals surface area contributed by atoms with E-state index in [0.717, 1.165) is 29.3 Å². The molecule has 0 N–H and O–H groups in total. The molecule has 2 aromatic rings. The Morgan fingerprint density at radius 2 is 2.18 bits per heavy atom. The first-order chi connectivity index (χ1) is 8.26. The van der Waals surface area contributed by atoms with Gasteiger partial charge in [-0.2, -0.15) is 0 Å². The summed E-state index contributed by atoms with van der Waals surface area (Å²) < 4.78 is 5.31. The van der Waals surface area contributed by atoms with E-state index in [-0.39, 0.29) is 5.91 Å². The standard InChI is InChI=1S/C13H15NO2S/c1-3-14(4-2)13(15)12-8-10(9-17-12)11-6-5-7-16-11/h5-9H,3-4H2,1-2H3. The van der Waals surface area contributed by atoms with Gasteiger partial charge < -0.3 is 9.32 Å². The molecule has 0 aromatic carbocycles. The van der Waals surface area contributed by atoms with Crippen LogP contribution in [0.25, 0.3) is 11.3 Å². The normalized spacial score (nSPS) is 10.5. The number of carbonyl (C=O) groups excluding carboxylic acids is 1. The molecule has 0 saturated carbocycles. The highest BCUT2D eigenvalue weighted by molar-refractivity contribution is 7.12. The third kappa shape index (κ3) is 2.42. The summed E-state index contributed by atoms with van der Waals surface area (Å²) in [5.41, 5.74) is 0.968. The molecule has 0 aliphatic carbocycles. The van der Waals surface area contributed by atoms with Gasteiger partial charge in [-0.1, -0.05) is 0 Å². The van der Waals surface area contributed by atoms with E-state index >= 15 is 0 Å². The Bertz CT molecular complexity index is 483. The van der Waals surface area contributed by atoms with Crippen molar-refractivity contribution in [1.29, 1.82) is 0 Å². The Balaban J connectivity index is 2.21. The van der Waals surface area contributed by atoms with Gasteiger partial charge >= 0.3 is 0 Å². The lowest BCUT2D eigenvalue weighted by Gasteiger charge is -2.17. The Hall–Kier alpha value is -1.55. The maximum atomic E-state index is 12.1. The smallest absolute Gasteiger partial charge is 0.263 e. The number of hydrogen-bond donors (Lipinski definition) is 0. The number of hydrogen-bond acceptors (Lipinski definition) is 3. The zero-order chi connectivity index (χ0) is 12.3. The fourth-order valence-corrected chi connectivity index (χ4v) is 2.55. The highest BCUT2D eigenvalue weighted by Crippen LogP contribution is 2.26. The van der Waals surface area contributed by atoms with Crippen molar-refractivity contribution in [2.24, 2.45) is 0 Å². The van der Waals surface area contributed by atoms with Gasteiger partial charge in [0, 0.05) is 24.0 Å². The molecule has 1 amide bonds. The lowest BCUT2D eigenvalue weighted by molar-refractivity contribution is 0.0778. The van der Waals surface area contributed by atoms with Crippen LogP contribution in [0.2, 0.25) is 0 Å². The number of furan rings is 1. The topological polar surface area (TPSA) is 33.5 Å². The first-order valence-corrected chi connectivity index (χ1v) is 6.56. The predicted molar refractivity (Wildman–Crippen MR) is 69.3 cm³/mol. The van der Waals surface area contributed by atoms with Crippen LogP contribution in [-0.4, -0.2) is 23.9 Å². The summed E-state index contributed by atoms with van der Waals surface area (Å²) in [6.45, 7) is 5.46. The molecule has 2 aromatic heterocycles. The molecule has 90 valence electrons. The van der Waals surface area contributed by atoms with Crippen LogP contribution < -0.4 is 0 Å². The van der Waals surface area contributed by atoms with E-state index in [1.807, 2.05) is 42.3 Å². The molecule has 17 heavy (non-hydrogen) atoms. The first-order valence-electron chi connectivity index (χ1n) is 5.68. The highest BCUT2D eigenvalue weighted by Gasteiger charge is 2.15. The lowest BCUT2D eigenvalue weighted by Crippen LogP contribution is -2.29. The summed E-state index contributed by atoms with van der Waals surface area (Å²) in [5.74, 6) is 0.901. The summed E-state index contributed by atoms with van der Waals surface area (Å²) in [5, 5.41) is 1.95. The molecule has 0 unspecified atom stereocenters. The average Bonchev–Trinajstić information content (AvgIpc) is 3.01. The van der Waals surface area contributed by atoms with Crippen LogP contribution in [0, 0.1) is 0 Å². The van der Waals surface area contributed by atoms with Crippen LogP contribution >= 0.6 is 11.3 Å². The Morgan fingerprint density at radius 1 is 1.41 bits per heavy atom. The molecule has 3 nitrogen and oxygen atoms in total. The zero-order valence-corrected chi connectivity index (χ0v) is 10.8. The molecule has 0 bridgehead atoms. The van der Waals surface area contributed by atoms with Gasteiger partial charge in [-0.05, 0) is 32.0 Å². The first kappa shape index (κ1) is 11.9. The van der Waals surface area contributed by atoms with E-state index in [4.69, 9.17) is 4.42 Å². The molecular formula is C13H15NO2S. The van der Waals surface area contributed by atoms with Gasteiger partial charge in [-0.15, -0.1) is 11.3 Å². The van der Waals surface area contributed by atoms with Crippen molar-refractivity contribution in [3.63, 3.8) is 0 Å². The van der Waals surface area contributed by atoms with Crippen LogP contribution in [0.1, 0.15) is 23.5 Å². The maximum absolute atomic E-state index is 12.1. The van der Waals surface area contributed by atoms with Crippen LogP contribution in [0.3, 0.4) is 0 Å². The van der Waals surface area contributed by atoms with E-state index in [1.54, 1.807) is 6.26 Å². The zero-order valence-electron chi connectivity index (χ0n) is 9.97. The quantitative estimate of drug-likeness (QED) is 0.831. The van der Waals surface area contributed by atoms with Gasteiger partial charge in [0.25, 0.3) is 5.91 Å². The number of nitrogens with zero attached hydrogens (tertiary/aromatic N) is 1. The van der Waals surface area contributed by atoms with Crippen LogP contribution in [-0.2, 0) is 0 Å². The summed E-state index contributed by atoms with van der Waals surface area (Å²) in [4.78, 5) is 14.7. The van der Waals surface area contributed by atoms with Crippen molar-refractivity contribution in [2.45, 2.75) is 13.8 Å².